The summed E-state index contributed by atoms with van der Waals surface area (Å²) < 4.78 is 31.9. The molecule has 2 aromatic heterocycles. The van der Waals surface area contributed by atoms with E-state index in [9.17, 15) is 8.42 Å². The quantitative estimate of drug-likeness (QED) is 0.578. The molecule has 0 amide bonds. The van der Waals surface area contributed by atoms with Crippen LogP contribution >= 0.6 is 0 Å². The number of rotatable bonds is 9. The van der Waals surface area contributed by atoms with Crippen LogP contribution in [0.1, 0.15) is 24.9 Å². The van der Waals surface area contributed by atoms with Crippen molar-refractivity contribution < 1.29 is 12.8 Å². The summed E-state index contributed by atoms with van der Waals surface area (Å²) in [5.41, 5.74) is 0. The van der Waals surface area contributed by atoms with E-state index in [2.05, 4.69) is 32.1 Å². The molecule has 21 heavy (non-hydrogen) atoms. The first-order chi connectivity index (χ1) is 10.1. The van der Waals surface area contributed by atoms with E-state index >= 15 is 0 Å². The average molecular weight is 313 g/mol. The van der Waals surface area contributed by atoms with Gasteiger partial charge in [-0.05, 0) is 25.1 Å². The van der Waals surface area contributed by atoms with Crippen molar-refractivity contribution in [2.24, 2.45) is 0 Å². The van der Waals surface area contributed by atoms with Crippen molar-refractivity contribution in [3.05, 3.63) is 30.0 Å². The molecular formula is C12H19N5O3S. The lowest BCUT2D eigenvalue weighted by molar-refractivity contribution is 0.400. The van der Waals surface area contributed by atoms with Gasteiger partial charge in [0.1, 0.15) is 17.9 Å². The van der Waals surface area contributed by atoms with Crippen LogP contribution < -0.4 is 10.0 Å². The van der Waals surface area contributed by atoms with Crippen molar-refractivity contribution in [3.8, 4) is 0 Å². The van der Waals surface area contributed by atoms with E-state index in [1.54, 1.807) is 6.07 Å². The summed E-state index contributed by atoms with van der Waals surface area (Å²) in [7, 11) is -3.63. The van der Waals surface area contributed by atoms with Crippen LogP contribution in [0.5, 0.6) is 0 Å². The second-order valence-corrected chi connectivity index (χ2v) is 6.18. The summed E-state index contributed by atoms with van der Waals surface area (Å²) >= 11 is 0. The van der Waals surface area contributed by atoms with Crippen molar-refractivity contribution in [1.29, 1.82) is 0 Å². The van der Waals surface area contributed by atoms with Crippen LogP contribution in [-0.4, -0.2) is 36.7 Å². The second-order valence-electron chi connectivity index (χ2n) is 4.48. The van der Waals surface area contributed by atoms with Gasteiger partial charge >= 0.3 is 0 Å². The van der Waals surface area contributed by atoms with Crippen molar-refractivity contribution in [3.63, 3.8) is 0 Å². The summed E-state index contributed by atoms with van der Waals surface area (Å²) in [6.07, 6.45) is 2.83. The fourth-order valence-corrected chi connectivity index (χ4v) is 2.69. The van der Waals surface area contributed by atoms with E-state index in [-0.39, 0.29) is 11.6 Å². The number of sulfonamides is 1. The summed E-state index contributed by atoms with van der Waals surface area (Å²) in [6.45, 7) is 3.66. The first-order valence-electron chi connectivity index (χ1n) is 6.75. The minimum Gasteiger partial charge on any atom is -0.447 e. The van der Waals surface area contributed by atoms with E-state index < -0.39 is 10.0 Å². The molecule has 2 rings (SSSR count). The van der Waals surface area contributed by atoms with Gasteiger partial charge in [-0.3, -0.25) is 5.10 Å². The Labute approximate surface area is 123 Å². The Morgan fingerprint density at radius 3 is 2.90 bits per heavy atom. The second kappa shape index (κ2) is 7.34. The van der Waals surface area contributed by atoms with Crippen LogP contribution in [0.15, 0.2) is 28.0 Å². The van der Waals surface area contributed by atoms with Gasteiger partial charge in [-0.2, -0.15) is 5.10 Å². The molecule has 0 bridgehead atoms. The van der Waals surface area contributed by atoms with Crippen molar-refractivity contribution in [2.75, 3.05) is 13.1 Å². The molecular weight excluding hydrogens is 294 g/mol. The largest absolute Gasteiger partial charge is 0.447 e. The van der Waals surface area contributed by atoms with E-state index in [0.717, 1.165) is 13.0 Å². The smallest absolute Gasteiger partial charge is 0.273 e. The lowest BCUT2D eigenvalue weighted by Gasteiger charge is -2.03. The molecule has 2 heterocycles. The van der Waals surface area contributed by atoms with Gasteiger partial charge in [0.25, 0.3) is 10.0 Å². The molecule has 0 saturated carbocycles. The van der Waals surface area contributed by atoms with Crippen molar-refractivity contribution in [2.45, 2.75) is 31.4 Å². The van der Waals surface area contributed by atoms with Crippen LogP contribution in [-0.2, 0) is 23.0 Å². The molecule has 0 aromatic carbocycles. The normalized spacial score (nSPS) is 11.9. The number of H-pyrrole nitrogens is 1. The molecule has 9 heteroatoms. The summed E-state index contributed by atoms with van der Waals surface area (Å²) in [5, 5.41) is 9.44. The zero-order chi connectivity index (χ0) is 15.1. The molecule has 3 N–H and O–H groups in total. The monoisotopic (exact) mass is 313 g/mol. The zero-order valence-corrected chi connectivity index (χ0v) is 12.6. The molecule has 116 valence electrons. The highest BCUT2D eigenvalue weighted by molar-refractivity contribution is 7.89. The van der Waals surface area contributed by atoms with Crippen molar-refractivity contribution in [1.82, 2.24) is 25.2 Å². The highest BCUT2D eigenvalue weighted by Gasteiger charge is 2.18. The Balaban J connectivity index is 1.86. The predicted octanol–water partition coefficient (Wildman–Crippen LogP) is 0.418. The lowest BCUT2D eigenvalue weighted by atomic mass is 10.4. The highest BCUT2D eigenvalue weighted by atomic mass is 32.2. The minimum absolute atomic E-state index is 0.0756. The van der Waals surface area contributed by atoms with E-state index in [1.165, 1.54) is 12.4 Å². The SMILES string of the molecule is CCCNCc1ccc(S(=O)(=O)NCCc2ncn[nH]2)o1. The van der Waals surface area contributed by atoms with Crippen molar-refractivity contribution >= 4 is 10.0 Å². The fourth-order valence-electron chi connectivity index (χ4n) is 1.71. The molecule has 0 aliphatic rings. The molecule has 0 aliphatic carbocycles. The zero-order valence-electron chi connectivity index (χ0n) is 11.8. The topological polar surface area (TPSA) is 113 Å². The number of hydrogen-bond acceptors (Lipinski definition) is 6. The summed E-state index contributed by atoms with van der Waals surface area (Å²) in [6, 6.07) is 3.12. The lowest BCUT2D eigenvalue weighted by Crippen LogP contribution is -2.26. The molecule has 8 nitrogen and oxygen atoms in total. The maximum atomic E-state index is 12.0. The van der Waals surface area contributed by atoms with Gasteiger partial charge in [0.2, 0.25) is 5.09 Å². The highest BCUT2D eigenvalue weighted by Crippen LogP contribution is 2.13. The van der Waals surface area contributed by atoms with Crippen LogP contribution in [0.2, 0.25) is 0 Å². The predicted molar refractivity (Wildman–Crippen MR) is 76.0 cm³/mol. The Hall–Kier alpha value is -1.71. The molecule has 2 aromatic rings. The van der Waals surface area contributed by atoms with Crippen LogP contribution in [0.4, 0.5) is 0 Å². The number of hydrogen-bond donors (Lipinski definition) is 3. The van der Waals surface area contributed by atoms with E-state index in [0.29, 0.717) is 24.6 Å². The number of nitrogens with one attached hydrogen (secondary N) is 3. The molecule has 0 aliphatic heterocycles. The van der Waals surface area contributed by atoms with Gasteiger partial charge in [-0.1, -0.05) is 6.92 Å². The number of aromatic nitrogens is 3. The average Bonchev–Trinajstić information content (AvgIpc) is 3.10. The van der Waals surface area contributed by atoms with Gasteiger partial charge in [-0.25, -0.2) is 18.1 Å². The Kier molecular flexibility index (Phi) is 5.48. The first kappa shape index (κ1) is 15.7. The number of furan rings is 1. The van der Waals surface area contributed by atoms with E-state index in [1.807, 2.05) is 0 Å². The van der Waals surface area contributed by atoms with Crippen LogP contribution in [0, 0.1) is 0 Å². The maximum Gasteiger partial charge on any atom is 0.273 e. The van der Waals surface area contributed by atoms with Gasteiger partial charge in [0, 0.05) is 13.0 Å². The minimum atomic E-state index is -3.63. The van der Waals surface area contributed by atoms with Gasteiger partial charge in [-0.15, -0.1) is 0 Å². The van der Waals surface area contributed by atoms with Gasteiger partial charge in [0.15, 0.2) is 0 Å². The number of aromatic amines is 1. The van der Waals surface area contributed by atoms with Crippen LogP contribution in [0.3, 0.4) is 0 Å². The van der Waals surface area contributed by atoms with E-state index in [4.69, 9.17) is 4.42 Å². The summed E-state index contributed by atoms with van der Waals surface area (Å²) in [5.74, 6) is 1.22. The van der Waals surface area contributed by atoms with Gasteiger partial charge in [0.05, 0.1) is 6.54 Å². The Bertz CT molecular complexity index is 636. The molecule has 0 spiro atoms. The maximum absolute atomic E-state index is 12.0. The third kappa shape index (κ3) is 4.66. The molecule has 0 unspecified atom stereocenters. The third-order valence-corrected chi connectivity index (χ3v) is 4.08. The molecule has 0 saturated heterocycles. The Morgan fingerprint density at radius 1 is 1.33 bits per heavy atom. The first-order valence-corrected chi connectivity index (χ1v) is 8.23. The third-order valence-electron chi connectivity index (χ3n) is 2.75. The number of nitrogens with zero attached hydrogens (tertiary/aromatic N) is 2. The Morgan fingerprint density at radius 2 is 2.19 bits per heavy atom. The molecule has 0 radical (unpaired) electrons. The molecule has 0 fully saturated rings. The molecule has 0 atom stereocenters. The standard InChI is InChI=1S/C12H19N5O3S/c1-2-6-13-8-10-3-4-12(20-10)21(18,19)16-7-5-11-14-9-15-17-11/h3-4,9,13,16H,2,5-8H2,1H3,(H,14,15,17). The summed E-state index contributed by atoms with van der Waals surface area (Å²) in [4.78, 5) is 3.92. The van der Waals surface area contributed by atoms with Gasteiger partial charge < -0.3 is 9.73 Å². The van der Waals surface area contributed by atoms with Crippen LogP contribution in [0.25, 0.3) is 0 Å². The fraction of sp³-hybridized carbons (Fsp3) is 0.500.